The summed E-state index contributed by atoms with van der Waals surface area (Å²) >= 11 is 0. The summed E-state index contributed by atoms with van der Waals surface area (Å²) in [5.41, 5.74) is 2.00. The lowest BCUT2D eigenvalue weighted by molar-refractivity contribution is 0.259. The second-order valence-electron chi connectivity index (χ2n) is 6.15. The Morgan fingerprint density at radius 2 is 1.67 bits per heavy atom. The fourth-order valence-corrected chi connectivity index (χ4v) is 2.86. The van der Waals surface area contributed by atoms with E-state index in [0.29, 0.717) is 13.2 Å². The number of methoxy groups -OCH3 is 1. The van der Waals surface area contributed by atoms with Gasteiger partial charge >= 0.3 is 0 Å². The summed E-state index contributed by atoms with van der Waals surface area (Å²) in [6, 6.07) is 15.9. The first-order valence-electron chi connectivity index (χ1n) is 9.22. The second-order valence-corrected chi connectivity index (χ2v) is 6.15. The van der Waals surface area contributed by atoms with Crippen molar-refractivity contribution in [3.8, 4) is 17.2 Å². The normalized spacial score (nSPS) is 11.0. The molecule has 0 saturated carbocycles. The van der Waals surface area contributed by atoms with Crippen molar-refractivity contribution in [1.82, 2.24) is 4.98 Å². The number of nitrogens with zero attached hydrogens (tertiary/aromatic N) is 1. The van der Waals surface area contributed by atoms with Crippen molar-refractivity contribution < 1.29 is 14.2 Å². The number of fused-ring (bicyclic) bond motifs is 1. The molecule has 0 atom stereocenters. The molecular formula is C23H25NO3. The SMILES string of the molecule is CC=Cc1ccc(OCCCCOc2cccc3cccnc23)c(OC)c1. The van der Waals surface area contributed by atoms with Crippen LogP contribution in [0.1, 0.15) is 25.3 Å². The van der Waals surface area contributed by atoms with Crippen LogP contribution in [0.3, 0.4) is 0 Å². The Morgan fingerprint density at radius 3 is 2.44 bits per heavy atom. The molecule has 27 heavy (non-hydrogen) atoms. The molecule has 0 amide bonds. The average molecular weight is 363 g/mol. The molecule has 0 aliphatic heterocycles. The van der Waals surface area contributed by atoms with Gasteiger partial charge in [-0.3, -0.25) is 4.98 Å². The van der Waals surface area contributed by atoms with Crippen LogP contribution in [0.2, 0.25) is 0 Å². The maximum absolute atomic E-state index is 5.91. The molecule has 0 spiro atoms. The van der Waals surface area contributed by atoms with Gasteiger partial charge in [0.15, 0.2) is 11.5 Å². The molecule has 0 N–H and O–H groups in total. The molecule has 2 aromatic carbocycles. The average Bonchev–Trinajstić information content (AvgIpc) is 2.71. The summed E-state index contributed by atoms with van der Waals surface area (Å²) in [5.74, 6) is 2.35. The van der Waals surface area contributed by atoms with Crippen LogP contribution in [0.25, 0.3) is 17.0 Å². The molecule has 3 rings (SSSR count). The molecule has 1 heterocycles. The molecule has 0 unspecified atom stereocenters. The standard InChI is InChI=1S/C23H25NO3/c1-3-8-18-12-13-20(22(17-18)25-2)26-15-4-5-16-27-21-11-6-9-19-10-7-14-24-23(19)21/h3,6-14,17H,4-5,15-16H2,1-2H3. The summed E-state index contributed by atoms with van der Waals surface area (Å²) in [6.45, 7) is 3.25. The van der Waals surface area contributed by atoms with Gasteiger partial charge in [0.05, 0.1) is 20.3 Å². The van der Waals surface area contributed by atoms with Gasteiger partial charge in [0.2, 0.25) is 0 Å². The molecule has 140 valence electrons. The molecule has 4 heteroatoms. The lowest BCUT2D eigenvalue weighted by atomic mass is 10.2. The Balaban J connectivity index is 1.46. The minimum atomic E-state index is 0.621. The molecule has 3 aromatic rings. The van der Waals surface area contributed by atoms with Gasteiger partial charge in [-0.1, -0.05) is 36.4 Å². The number of aromatic nitrogens is 1. The Morgan fingerprint density at radius 1 is 0.889 bits per heavy atom. The van der Waals surface area contributed by atoms with Gasteiger partial charge in [-0.05, 0) is 49.6 Å². The third kappa shape index (κ3) is 5.00. The van der Waals surface area contributed by atoms with E-state index < -0.39 is 0 Å². The largest absolute Gasteiger partial charge is 0.493 e. The predicted molar refractivity (Wildman–Crippen MR) is 110 cm³/mol. The summed E-state index contributed by atoms with van der Waals surface area (Å²) in [6.07, 6.45) is 7.63. The first-order chi connectivity index (χ1) is 13.3. The number of hydrogen-bond acceptors (Lipinski definition) is 4. The van der Waals surface area contributed by atoms with Crippen LogP contribution in [0.4, 0.5) is 0 Å². The molecule has 0 aliphatic rings. The van der Waals surface area contributed by atoms with Crippen LogP contribution >= 0.6 is 0 Å². The Kier molecular flexibility index (Phi) is 6.69. The highest BCUT2D eigenvalue weighted by Gasteiger charge is 2.05. The number of rotatable bonds is 9. The summed E-state index contributed by atoms with van der Waals surface area (Å²) in [7, 11) is 1.66. The monoisotopic (exact) mass is 363 g/mol. The van der Waals surface area contributed by atoms with Gasteiger partial charge in [0.1, 0.15) is 11.3 Å². The third-order valence-corrected chi connectivity index (χ3v) is 4.20. The predicted octanol–water partition coefficient (Wildman–Crippen LogP) is 5.51. The van der Waals surface area contributed by atoms with Crippen molar-refractivity contribution in [1.29, 1.82) is 0 Å². The van der Waals surface area contributed by atoms with Gasteiger partial charge in [-0.15, -0.1) is 0 Å². The number of benzene rings is 2. The number of allylic oxidation sites excluding steroid dienone is 1. The van der Waals surface area contributed by atoms with E-state index in [4.69, 9.17) is 14.2 Å². The molecule has 4 nitrogen and oxygen atoms in total. The smallest absolute Gasteiger partial charge is 0.161 e. The first kappa shape index (κ1) is 18.8. The molecule has 1 aromatic heterocycles. The van der Waals surface area contributed by atoms with Crippen molar-refractivity contribution in [2.75, 3.05) is 20.3 Å². The van der Waals surface area contributed by atoms with Gasteiger partial charge in [-0.2, -0.15) is 0 Å². The maximum atomic E-state index is 5.91. The lowest BCUT2D eigenvalue weighted by Crippen LogP contribution is -2.04. The van der Waals surface area contributed by atoms with Crippen molar-refractivity contribution in [2.45, 2.75) is 19.8 Å². The van der Waals surface area contributed by atoms with Crippen molar-refractivity contribution in [3.05, 3.63) is 66.4 Å². The van der Waals surface area contributed by atoms with E-state index >= 15 is 0 Å². The fraction of sp³-hybridized carbons (Fsp3) is 0.261. The number of unbranched alkanes of at least 4 members (excludes halogenated alkanes) is 1. The number of para-hydroxylation sites is 1. The summed E-state index contributed by atoms with van der Waals surface area (Å²) in [4.78, 5) is 4.41. The van der Waals surface area contributed by atoms with Crippen LogP contribution in [-0.2, 0) is 0 Å². The van der Waals surface area contributed by atoms with Gasteiger partial charge in [0.25, 0.3) is 0 Å². The zero-order valence-electron chi connectivity index (χ0n) is 15.9. The number of ether oxygens (including phenoxy) is 3. The maximum Gasteiger partial charge on any atom is 0.161 e. The van der Waals surface area contributed by atoms with E-state index in [9.17, 15) is 0 Å². The van der Waals surface area contributed by atoms with Gasteiger partial charge in [0, 0.05) is 11.6 Å². The highest BCUT2D eigenvalue weighted by atomic mass is 16.5. The minimum Gasteiger partial charge on any atom is -0.493 e. The molecule has 0 saturated heterocycles. The van der Waals surface area contributed by atoms with E-state index in [1.165, 1.54) is 0 Å². The van der Waals surface area contributed by atoms with Gasteiger partial charge in [-0.25, -0.2) is 0 Å². The third-order valence-electron chi connectivity index (χ3n) is 4.20. The Hall–Kier alpha value is -3.01. The zero-order chi connectivity index (χ0) is 18.9. The van der Waals surface area contributed by atoms with Crippen LogP contribution in [0.5, 0.6) is 17.2 Å². The van der Waals surface area contributed by atoms with E-state index in [1.807, 2.05) is 67.6 Å². The van der Waals surface area contributed by atoms with E-state index in [-0.39, 0.29) is 0 Å². The van der Waals surface area contributed by atoms with E-state index in [2.05, 4.69) is 4.98 Å². The van der Waals surface area contributed by atoms with Crippen LogP contribution < -0.4 is 14.2 Å². The van der Waals surface area contributed by atoms with Crippen LogP contribution in [-0.4, -0.2) is 25.3 Å². The fourth-order valence-electron chi connectivity index (χ4n) is 2.86. The van der Waals surface area contributed by atoms with Crippen molar-refractivity contribution >= 4 is 17.0 Å². The highest BCUT2D eigenvalue weighted by molar-refractivity contribution is 5.84. The quantitative estimate of drug-likeness (QED) is 0.470. The highest BCUT2D eigenvalue weighted by Crippen LogP contribution is 2.29. The van der Waals surface area contributed by atoms with Crippen molar-refractivity contribution in [2.24, 2.45) is 0 Å². The van der Waals surface area contributed by atoms with E-state index in [0.717, 1.165) is 46.6 Å². The first-order valence-corrected chi connectivity index (χ1v) is 9.22. The molecule has 0 fully saturated rings. The van der Waals surface area contributed by atoms with E-state index in [1.54, 1.807) is 13.3 Å². The number of hydrogen-bond donors (Lipinski definition) is 0. The Bertz CT molecular complexity index is 900. The Labute approximate surface area is 160 Å². The summed E-state index contributed by atoms with van der Waals surface area (Å²) in [5, 5.41) is 1.09. The van der Waals surface area contributed by atoms with Gasteiger partial charge < -0.3 is 14.2 Å². The number of pyridine rings is 1. The molecule has 0 radical (unpaired) electrons. The molecular weight excluding hydrogens is 338 g/mol. The molecule has 0 aliphatic carbocycles. The molecule has 0 bridgehead atoms. The lowest BCUT2D eigenvalue weighted by Gasteiger charge is -2.12. The zero-order valence-corrected chi connectivity index (χ0v) is 15.9. The van der Waals surface area contributed by atoms with Crippen molar-refractivity contribution in [3.63, 3.8) is 0 Å². The summed E-state index contributed by atoms with van der Waals surface area (Å²) < 4.78 is 17.2. The second kappa shape index (κ2) is 9.62. The minimum absolute atomic E-state index is 0.621. The topological polar surface area (TPSA) is 40.6 Å². The van der Waals surface area contributed by atoms with Crippen LogP contribution in [0, 0.1) is 0 Å². The van der Waals surface area contributed by atoms with Crippen LogP contribution in [0.15, 0.2) is 60.8 Å².